The Kier molecular flexibility index (Phi) is 1.54. The first-order chi connectivity index (χ1) is 5.66. The predicted molar refractivity (Wildman–Crippen MR) is 53.5 cm³/mol. The summed E-state index contributed by atoms with van der Waals surface area (Å²) in [6, 6.07) is 4.08. The Morgan fingerprint density at radius 2 is 2.08 bits per heavy atom. The minimum Gasteiger partial charge on any atom is -0.397 e. The predicted octanol–water partition coefficient (Wildman–Crippen LogP) is 2.50. The number of nitrogens with zero attached hydrogens (tertiary/aromatic N) is 1. The van der Waals surface area contributed by atoms with Gasteiger partial charge in [-0.2, -0.15) is 0 Å². The van der Waals surface area contributed by atoms with Crippen molar-refractivity contribution in [3.63, 3.8) is 0 Å². The van der Waals surface area contributed by atoms with Gasteiger partial charge in [0.2, 0.25) is 0 Å². The second kappa shape index (κ2) is 2.45. The molecular weight excluding hydrogens is 168 g/mol. The van der Waals surface area contributed by atoms with Crippen LogP contribution in [0.25, 0.3) is 10.2 Å². The van der Waals surface area contributed by atoms with Crippen molar-refractivity contribution in [3.8, 4) is 0 Å². The number of hydrogen-bond donors (Lipinski definition) is 1. The highest BCUT2D eigenvalue weighted by molar-refractivity contribution is 7.18. The van der Waals surface area contributed by atoms with Gasteiger partial charge in [-0.25, -0.2) is 4.98 Å². The minimum absolute atomic E-state index is 0.786. The lowest BCUT2D eigenvalue weighted by atomic mass is 10.2. The number of thiazole rings is 1. The van der Waals surface area contributed by atoms with E-state index in [-0.39, 0.29) is 0 Å². The summed E-state index contributed by atoms with van der Waals surface area (Å²) in [6.45, 7) is 4.05. The Labute approximate surface area is 75.0 Å². The smallest absolute Gasteiger partial charge is 0.104 e. The zero-order valence-corrected chi connectivity index (χ0v) is 7.90. The van der Waals surface area contributed by atoms with E-state index in [1.807, 2.05) is 19.9 Å². The molecule has 2 rings (SSSR count). The summed E-state index contributed by atoms with van der Waals surface area (Å²) in [5, 5.41) is 1.07. The molecule has 2 aromatic rings. The monoisotopic (exact) mass is 178 g/mol. The van der Waals surface area contributed by atoms with Crippen LogP contribution in [0, 0.1) is 13.8 Å². The molecule has 0 amide bonds. The Balaban J connectivity index is 2.88. The summed E-state index contributed by atoms with van der Waals surface area (Å²) >= 11 is 1.69. The third-order valence-corrected chi connectivity index (χ3v) is 2.69. The van der Waals surface area contributed by atoms with Crippen molar-refractivity contribution in [2.24, 2.45) is 0 Å². The second-order valence-corrected chi connectivity index (χ2v) is 4.17. The van der Waals surface area contributed by atoms with E-state index in [1.54, 1.807) is 11.3 Å². The lowest BCUT2D eigenvalue weighted by Crippen LogP contribution is -1.87. The molecule has 1 aromatic carbocycles. The van der Waals surface area contributed by atoms with Gasteiger partial charge in [0.25, 0.3) is 0 Å². The standard InChI is InChI=1S/C9H10N2S/c1-5-3-7(10)9-8(4-5)12-6(2)11-9/h3-4H,10H2,1-2H3. The van der Waals surface area contributed by atoms with Crippen LogP contribution in [0.3, 0.4) is 0 Å². The third-order valence-electron chi connectivity index (χ3n) is 1.78. The van der Waals surface area contributed by atoms with E-state index >= 15 is 0 Å². The molecule has 0 bridgehead atoms. The van der Waals surface area contributed by atoms with Gasteiger partial charge >= 0.3 is 0 Å². The zero-order valence-electron chi connectivity index (χ0n) is 7.09. The molecule has 1 heterocycles. The molecule has 0 unspecified atom stereocenters. The SMILES string of the molecule is Cc1cc(N)c2nc(C)sc2c1. The van der Waals surface area contributed by atoms with Crippen molar-refractivity contribution in [2.75, 3.05) is 5.73 Å². The number of rotatable bonds is 0. The Hall–Kier alpha value is -1.09. The molecule has 0 fully saturated rings. The van der Waals surface area contributed by atoms with E-state index < -0.39 is 0 Å². The van der Waals surface area contributed by atoms with E-state index in [9.17, 15) is 0 Å². The molecule has 2 nitrogen and oxygen atoms in total. The third kappa shape index (κ3) is 1.06. The number of aryl methyl sites for hydroxylation is 2. The second-order valence-electron chi connectivity index (χ2n) is 2.93. The molecule has 12 heavy (non-hydrogen) atoms. The van der Waals surface area contributed by atoms with Crippen LogP contribution >= 0.6 is 11.3 Å². The largest absolute Gasteiger partial charge is 0.397 e. The van der Waals surface area contributed by atoms with E-state index in [4.69, 9.17) is 5.73 Å². The van der Waals surface area contributed by atoms with Crippen molar-refractivity contribution in [1.82, 2.24) is 4.98 Å². The van der Waals surface area contributed by atoms with Crippen LogP contribution in [0.1, 0.15) is 10.6 Å². The lowest BCUT2D eigenvalue weighted by molar-refractivity contribution is 1.34. The Morgan fingerprint density at radius 1 is 1.33 bits per heavy atom. The van der Waals surface area contributed by atoms with E-state index in [2.05, 4.69) is 11.1 Å². The van der Waals surface area contributed by atoms with E-state index in [0.717, 1.165) is 16.2 Å². The quantitative estimate of drug-likeness (QED) is 0.629. The van der Waals surface area contributed by atoms with Crippen LogP contribution in [-0.4, -0.2) is 4.98 Å². The highest BCUT2D eigenvalue weighted by Gasteiger charge is 2.03. The molecular formula is C9H10N2S. The molecule has 0 saturated heterocycles. The van der Waals surface area contributed by atoms with Crippen molar-refractivity contribution < 1.29 is 0 Å². The maximum atomic E-state index is 5.81. The van der Waals surface area contributed by atoms with Gasteiger partial charge in [-0.15, -0.1) is 11.3 Å². The maximum absolute atomic E-state index is 5.81. The van der Waals surface area contributed by atoms with Crippen LogP contribution in [0.5, 0.6) is 0 Å². The van der Waals surface area contributed by atoms with E-state index in [1.165, 1.54) is 10.3 Å². The topological polar surface area (TPSA) is 38.9 Å². The molecule has 0 atom stereocenters. The number of fused-ring (bicyclic) bond motifs is 1. The van der Waals surface area contributed by atoms with Crippen LogP contribution in [0.15, 0.2) is 12.1 Å². The first kappa shape index (κ1) is 7.55. The summed E-state index contributed by atoms with van der Waals surface area (Å²) in [5.41, 5.74) is 8.75. The first-order valence-electron chi connectivity index (χ1n) is 3.80. The zero-order chi connectivity index (χ0) is 8.72. The van der Waals surface area contributed by atoms with Crippen molar-refractivity contribution in [2.45, 2.75) is 13.8 Å². The van der Waals surface area contributed by atoms with Gasteiger partial charge in [-0.3, -0.25) is 0 Å². The van der Waals surface area contributed by atoms with Gasteiger partial charge in [0.05, 0.1) is 15.4 Å². The van der Waals surface area contributed by atoms with Gasteiger partial charge in [0, 0.05) is 0 Å². The average Bonchev–Trinajstić information content (AvgIpc) is 2.29. The maximum Gasteiger partial charge on any atom is 0.104 e. The van der Waals surface area contributed by atoms with Gasteiger partial charge in [0.15, 0.2) is 0 Å². The Bertz CT molecular complexity index is 431. The normalized spacial score (nSPS) is 10.8. The lowest BCUT2D eigenvalue weighted by Gasteiger charge is -1.95. The van der Waals surface area contributed by atoms with E-state index in [0.29, 0.717) is 0 Å². The van der Waals surface area contributed by atoms with Crippen LogP contribution < -0.4 is 5.73 Å². The number of anilines is 1. The number of hydrogen-bond acceptors (Lipinski definition) is 3. The summed E-state index contributed by atoms with van der Waals surface area (Å²) in [5.74, 6) is 0. The molecule has 0 aliphatic carbocycles. The highest BCUT2D eigenvalue weighted by atomic mass is 32.1. The van der Waals surface area contributed by atoms with Gasteiger partial charge in [0.1, 0.15) is 5.52 Å². The molecule has 0 saturated carbocycles. The van der Waals surface area contributed by atoms with Gasteiger partial charge in [-0.1, -0.05) is 0 Å². The molecule has 2 N–H and O–H groups in total. The molecule has 1 aromatic heterocycles. The first-order valence-corrected chi connectivity index (χ1v) is 4.62. The van der Waals surface area contributed by atoms with Crippen LogP contribution in [0.4, 0.5) is 5.69 Å². The summed E-state index contributed by atoms with van der Waals surface area (Å²) in [6.07, 6.45) is 0. The number of aromatic nitrogens is 1. The fourth-order valence-corrected chi connectivity index (χ4v) is 2.27. The van der Waals surface area contributed by atoms with Crippen LogP contribution in [-0.2, 0) is 0 Å². The fraction of sp³-hybridized carbons (Fsp3) is 0.222. The molecule has 0 radical (unpaired) electrons. The van der Waals surface area contributed by atoms with Crippen LogP contribution in [0.2, 0.25) is 0 Å². The summed E-state index contributed by atoms with van der Waals surface area (Å²) in [4.78, 5) is 4.35. The van der Waals surface area contributed by atoms with Crippen molar-refractivity contribution in [3.05, 3.63) is 22.7 Å². The minimum atomic E-state index is 0.786. The number of benzene rings is 1. The molecule has 0 aliphatic rings. The van der Waals surface area contributed by atoms with Crippen molar-refractivity contribution in [1.29, 1.82) is 0 Å². The number of nitrogens with two attached hydrogens (primary N) is 1. The van der Waals surface area contributed by atoms with Gasteiger partial charge in [-0.05, 0) is 31.5 Å². The molecule has 3 heteroatoms. The fourth-order valence-electron chi connectivity index (χ4n) is 1.31. The molecule has 0 spiro atoms. The van der Waals surface area contributed by atoms with Crippen molar-refractivity contribution >= 4 is 27.2 Å². The highest BCUT2D eigenvalue weighted by Crippen LogP contribution is 2.27. The Morgan fingerprint density at radius 3 is 2.83 bits per heavy atom. The van der Waals surface area contributed by atoms with Gasteiger partial charge < -0.3 is 5.73 Å². The summed E-state index contributed by atoms with van der Waals surface area (Å²) in [7, 11) is 0. The molecule has 62 valence electrons. The molecule has 0 aliphatic heterocycles. The summed E-state index contributed by atoms with van der Waals surface area (Å²) < 4.78 is 1.19. The average molecular weight is 178 g/mol. The number of nitrogen functional groups attached to an aromatic ring is 1.